The Morgan fingerprint density at radius 2 is 1.88 bits per heavy atom. The minimum absolute atomic E-state index is 0.0273. The lowest BCUT2D eigenvalue weighted by Crippen LogP contribution is -2.45. The van der Waals surface area contributed by atoms with Crippen molar-refractivity contribution in [2.45, 2.75) is 50.1 Å². The zero-order valence-electron chi connectivity index (χ0n) is 22.2. The number of thiophene rings is 1. The molecular formula is C30H31F3N4O3S. The zero-order chi connectivity index (χ0) is 28.6. The summed E-state index contributed by atoms with van der Waals surface area (Å²) >= 11 is 1.63. The van der Waals surface area contributed by atoms with Crippen molar-refractivity contribution >= 4 is 28.1 Å². The average Bonchev–Trinajstić information content (AvgIpc) is 3.48. The Morgan fingerprint density at radius 3 is 2.54 bits per heavy atom. The largest absolute Gasteiger partial charge is 0.490 e. The summed E-state index contributed by atoms with van der Waals surface area (Å²) < 4.78 is 44.0. The number of benzene rings is 2. The molecule has 1 unspecified atom stereocenters. The van der Waals surface area contributed by atoms with Crippen molar-refractivity contribution < 1.29 is 27.8 Å². The molecule has 3 heterocycles. The fourth-order valence-corrected chi connectivity index (χ4v) is 6.09. The fraction of sp³-hybridized carbons (Fsp3) is 0.400. The van der Waals surface area contributed by atoms with Gasteiger partial charge in [0.1, 0.15) is 11.9 Å². The number of aliphatic hydroxyl groups excluding tert-OH is 1. The van der Waals surface area contributed by atoms with E-state index in [0.717, 1.165) is 40.6 Å². The fourth-order valence-electron chi connectivity index (χ4n) is 5.40. The third-order valence-electron chi connectivity index (χ3n) is 7.88. The van der Waals surface area contributed by atoms with E-state index in [2.05, 4.69) is 27.0 Å². The van der Waals surface area contributed by atoms with Crippen LogP contribution in [0.3, 0.4) is 0 Å². The van der Waals surface area contributed by atoms with Crippen molar-refractivity contribution in [3.63, 3.8) is 0 Å². The number of halogens is 3. The Labute approximate surface area is 239 Å². The number of hydrogen-bond acceptors (Lipinski definition) is 6. The SMILES string of the molecule is O=C(N[C@H](c1ccsc1)C1CC1)c1ccc2[nH]nc(-c3ccc(OC4CCN(CC(O)C(F)(F)F)CC4)cc3)c2c1. The lowest BCUT2D eigenvalue weighted by Gasteiger charge is -2.33. The van der Waals surface area contributed by atoms with Crippen LogP contribution in [0.2, 0.25) is 0 Å². The number of piperidine rings is 1. The summed E-state index contributed by atoms with van der Waals surface area (Å²) in [5, 5.41) is 25.1. The van der Waals surface area contributed by atoms with E-state index in [4.69, 9.17) is 4.74 Å². The Bertz CT molecular complexity index is 1480. The van der Waals surface area contributed by atoms with E-state index in [0.29, 0.717) is 43.2 Å². The van der Waals surface area contributed by atoms with Gasteiger partial charge in [0.05, 0.1) is 17.3 Å². The molecule has 6 rings (SSSR count). The van der Waals surface area contributed by atoms with Gasteiger partial charge < -0.3 is 20.1 Å². The topological polar surface area (TPSA) is 90.5 Å². The van der Waals surface area contributed by atoms with Crippen LogP contribution in [-0.2, 0) is 0 Å². The van der Waals surface area contributed by atoms with E-state index >= 15 is 0 Å². The molecule has 11 heteroatoms. The number of hydrogen-bond donors (Lipinski definition) is 3. The Hall–Kier alpha value is -3.41. The standard InChI is InChI=1S/C30H31F3N4O3S/c31-30(32,33)26(38)16-37-12-9-23(10-13-37)40-22-6-3-19(4-7-22)28-24-15-20(5-8-25(24)35-36-28)29(39)34-27(18-1-2-18)21-11-14-41-17-21/h3-8,11,14-15,17-18,23,26-27,38H,1-2,9-10,12-13,16H2,(H,34,39)(H,35,36)/t26?,27-/m0/s1. The van der Waals surface area contributed by atoms with Crippen LogP contribution in [0, 0.1) is 5.92 Å². The van der Waals surface area contributed by atoms with Gasteiger partial charge in [0.15, 0.2) is 6.10 Å². The molecule has 4 aromatic rings. The highest BCUT2D eigenvalue weighted by Crippen LogP contribution is 2.41. The third-order valence-corrected chi connectivity index (χ3v) is 8.58. The molecule has 2 aliphatic rings. The number of H-pyrrole nitrogens is 1. The van der Waals surface area contributed by atoms with Crippen LogP contribution in [-0.4, -0.2) is 64.1 Å². The molecule has 41 heavy (non-hydrogen) atoms. The Morgan fingerprint density at radius 1 is 1.12 bits per heavy atom. The van der Waals surface area contributed by atoms with Crippen molar-refractivity contribution in [2.24, 2.45) is 5.92 Å². The summed E-state index contributed by atoms with van der Waals surface area (Å²) in [6.07, 6.45) is -3.65. The summed E-state index contributed by atoms with van der Waals surface area (Å²) in [4.78, 5) is 14.8. The van der Waals surface area contributed by atoms with Gasteiger partial charge in [-0.25, -0.2) is 0 Å². The number of aromatic amines is 1. The van der Waals surface area contributed by atoms with Crippen LogP contribution in [0.5, 0.6) is 5.75 Å². The molecule has 3 N–H and O–H groups in total. The molecule has 0 radical (unpaired) electrons. The van der Waals surface area contributed by atoms with Crippen molar-refractivity contribution in [3.8, 4) is 17.0 Å². The van der Waals surface area contributed by atoms with Gasteiger partial charge in [-0.15, -0.1) is 0 Å². The number of likely N-dealkylation sites (tertiary alicyclic amines) is 1. The quantitative estimate of drug-likeness (QED) is 0.227. The van der Waals surface area contributed by atoms with Crippen molar-refractivity contribution in [2.75, 3.05) is 19.6 Å². The molecule has 1 amide bonds. The van der Waals surface area contributed by atoms with E-state index < -0.39 is 18.8 Å². The maximum Gasteiger partial charge on any atom is 0.415 e. The van der Waals surface area contributed by atoms with Crippen molar-refractivity contribution in [1.29, 1.82) is 0 Å². The lowest BCUT2D eigenvalue weighted by atomic mass is 10.0. The van der Waals surface area contributed by atoms with E-state index in [1.165, 1.54) is 0 Å². The van der Waals surface area contributed by atoms with Crippen LogP contribution in [0.1, 0.15) is 47.6 Å². The molecule has 1 aliphatic heterocycles. The number of β-amino-alcohol motifs (C(OH)–C–C–N with tert-alkyl or cyclic N) is 1. The molecule has 0 bridgehead atoms. The molecule has 7 nitrogen and oxygen atoms in total. The second kappa shape index (κ2) is 11.5. The molecule has 0 spiro atoms. The van der Waals surface area contributed by atoms with Crippen LogP contribution >= 0.6 is 11.3 Å². The maximum absolute atomic E-state index is 13.2. The van der Waals surface area contributed by atoms with Crippen LogP contribution in [0.15, 0.2) is 59.3 Å². The normalized spacial score (nSPS) is 18.3. The van der Waals surface area contributed by atoms with Gasteiger partial charge in [0.25, 0.3) is 5.91 Å². The van der Waals surface area contributed by atoms with Crippen LogP contribution in [0.4, 0.5) is 13.2 Å². The van der Waals surface area contributed by atoms with Crippen molar-refractivity contribution in [3.05, 3.63) is 70.4 Å². The zero-order valence-corrected chi connectivity index (χ0v) is 23.0. The number of carbonyl (C=O) groups is 1. The number of carbonyl (C=O) groups excluding carboxylic acids is 1. The van der Waals surface area contributed by atoms with Gasteiger partial charge in [-0.05, 0) is 96.5 Å². The Balaban J connectivity index is 1.10. The summed E-state index contributed by atoms with van der Waals surface area (Å²) in [5.41, 5.74) is 4.16. The molecule has 2 aromatic carbocycles. The molecular weight excluding hydrogens is 553 g/mol. The molecule has 1 saturated carbocycles. The van der Waals surface area contributed by atoms with E-state index in [-0.39, 0.29) is 18.1 Å². The predicted molar refractivity (Wildman–Crippen MR) is 151 cm³/mol. The maximum atomic E-state index is 13.2. The highest BCUT2D eigenvalue weighted by molar-refractivity contribution is 7.08. The predicted octanol–water partition coefficient (Wildman–Crippen LogP) is 5.94. The van der Waals surface area contributed by atoms with Gasteiger partial charge in [0.2, 0.25) is 0 Å². The van der Waals surface area contributed by atoms with E-state index in [1.54, 1.807) is 16.2 Å². The number of amides is 1. The number of fused-ring (bicyclic) bond motifs is 1. The van der Waals surface area contributed by atoms with Crippen LogP contribution < -0.4 is 10.1 Å². The number of rotatable bonds is 9. The third kappa shape index (κ3) is 6.42. The minimum Gasteiger partial charge on any atom is -0.490 e. The summed E-state index contributed by atoms with van der Waals surface area (Å²) in [7, 11) is 0. The number of ether oxygens (including phenoxy) is 1. The first kappa shape index (κ1) is 27.7. The highest BCUT2D eigenvalue weighted by Gasteiger charge is 2.39. The van der Waals surface area contributed by atoms with Gasteiger partial charge >= 0.3 is 6.18 Å². The lowest BCUT2D eigenvalue weighted by molar-refractivity contribution is -0.208. The molecule has 1 aliphatic carbocycles. The summed E-state index contributed by atoms with van der Waals surface area (Å²) in [6.45, 7) is 0.445. The van der Waals surface area contributed by atoms with Crippen LogP contribution in [0.25, 0.3) is 22.2 Å². The highest BCUT2D eigenvalue weighted by atomic mass is 32.1. The number of nitrogens with one attached hydrogen (secondary N) is 2. The van der Waals surface area contributed by atoms with Gasteiger partial charge in [-0.2, -0.15) is 29.6 Å². The van der Waals surface area contributed by atoms with Gasteiger partial charge in [-0.3, -0.25) is 9.89 Å². The van der Waals surface area contributed by atoms with E-state index in [1.807, 2.05) is 47.8 Å². The second-order valence-corrected chi connectivity index (χ2v) is 11.7. The molecule has 2 fully saturated rings. The number of nitrogens with zero attached hydrogens (tertiary/aromatic N) is 2. The van der Waals surface area contributed by atoms with E-state index in [9.17, 15) is 23.1 Å². The molecule has 2 atom stereocenters. The minimum atomic E-state index is -4.61. The molecule has 2 aromatic heterocycles. The molecule has 216 valence electrons. The number of aromatic nitrogens is 2. The molecule has 1 saturated heterocycles. The monoisotopic (exact) mass is 584 g/mol. The first-order valence-corrected chi connectivity index (χ1v) is 14.7. The smallest absolute Gasteiger partial charge is 0.415 e. The number of aliphatic hydroxyl groups is 1. The summed E-state index contributed by atoms with van der Waals surface area (Å²) in [5.74, 6) is 1.05. The second-order valence-electron chi connectivity index (χ2n) is 10.9. The first-order chi connectivity index (χ1) is 19.7. The first-order valence-electron chi connectivity index (χ1n) is 13.8. The Kier molecular flexibility index (Phi) is 7.76. The van der Waals surface area contributed by atoms with Crippen molar-refractivity contribution in [1.82, 2.24) is 20.4 Å². The van der Waals surface area contributed by atoms with Gasteiger partial charge in [0, 0.05) is 36.1 Å². The number of alkyl halides is 3. The average molecular weight is 585 g/mol. The summed E-state index contributed by atoms with van der Waals surface area (Å²) in [6, 6.07) is 15.2. The van der Waals surface area contributed by atoms with Gasteiger partial charge in [-0.1, -0.05) is 0 Å².